The Morgan fingerprint density at radius 1 is 0.967 bits per heavy atom. The van der Waals surface area contributed by atoms with E-state index < -0.39 is 34.8 Å². The van der Waals surface area contributed by atoms with Crippen LogP contribution in [0.1, 0.15) is 16.8 Å². The van der Waals surface area contributed by atoms with E-state index in [0.29, 0.717) is 17.1 Å². The molecule has 0 aliphatic rings. The normalized spacial score (nSPS) is 11.5. The first-order valence-electron chi connectivity index (χ1n) is 8.55. The number of nitrogens with zero attached hydrogens (tertiary/aromatic N) is 3. The van der Waals surface area contributed by atoms with Crippen molar-refractivity contribution in [3.63, 3.8) is 0 Å². The predicted molar refractivity (Wildman–Crippen MR) is 101 cm³/mol. The SMILES string of the molecule is C/N=C(/c1ccc(Oc2c(F)c(F)cc(F)c2F)cc1F)c1c(C)ncnc1NC. The molecule has 0 saturated carbocycles. The minimum absolute atomic E-state index is 0.0330. The van der Waals surface area contributed by atoms with Crippen molar-refractivity contribution in [2.24, 2.45) is 4.99 Å². The van der Waals surface area contributed by atoms with Gasteiger partial charge in [0.15, 0.2) is 11.6 Å². The summed E-state index contributed by atoms with van der Waals surface area (Å²) >= 11 is 0. The second-order valence-electron chi connectivity index (χ2n) is 6.05. The van der Waals surface area contributed by atoms with Gasteiger partial charge in [-0.2, -0.15) is 8.78 Å². The average Bonchev–Trinajstić information content (AvgIpc) is 2.72. The summed E-state index contributed by atoms with van der Waals surface area (Å²) in [6.07, 6.45) is 1.34. The first-order valence-corrected chi connectivity index (χ1v) is 8.55. The molecular weight excluding hydrogens is 407 g/mol. The highest BCUT2D eigenvalue weighted by molar-refractivity contribution is 6.16. The fraction of sp³-hybridized carbons (Fsp3) is 0.150. The van der Waals surface area contributed by atoms with Crippen molar-refractivity contribution >= 4 is 11.5 Å². The van der Waals surface area contributed by atoms with Crippen LogP contribution in [0, 0.1) is 36.0 Å². The molecular formula is C20H15F5N4O. The lowest BCUT2D eigenvalue weighted by Gasteiger charge is -2.14. The number of aryl methyl sites for hydroxylation is 1. The van der Waals surface area contributed by atoms with Crippen molar-refractivity contribution in [3.8, 4) is 11.5 Å². The molecule has 3 aromatic rings. The lowest BCUT2D eigenvalue weighted by Crippen LogP contribution is -2.13. The van der Waals surface area contributed by atoms with Gasteiger partial charge in [-0.15, -0.1) is 0 Å². The summed E-state index contributed by atoms with van der Waals surface area (Å²) in [5.74, 6) is -8.85. The van der Waals surface area contributed by atoms with Gasteiger partial charge in [0.1, 0.15) is 23.7 Å². The molecule has 5 nitrogen and oxygen atoms in total. The third-order valence-corrected chi connectivity index (χ3v) is 4.22. The van der Waals surface area contributed by atoms with Gasteiger partial charge in [0.2, 0.25) is 17.4 Å². The van der Waals surface area contributed by atoms with Crippen molar-refractivity contribution in [1.29, 1.82) is 0 Å². The van der Waals surface area contributed by atoms with Crippen molar-refractivity contribution in [3.05, 3.63) is 76.5 Å². The molecule has 3 rings (SSSR count). The van der Waals surface area contributed by atoms with Gasteiger partial charge >= 0.3 is 0 Å². The first kappa shape index (κ1) is 21.2. The largest absolute Gasteiger partial charge is 0.451 e. The lowest BCUT2D eigenvalue weighted by molar-refractivity contribution is 0.365. The Morgan fingerprint density at radius 3 is 2.20 bits per heavy atom. The highest BCUT2D eigenvalue weighted by atomic mass is 19.2. The molecule has 10 heteroatoms. The molecule has 0 amide bonds. The zero-order chi connectivity index (χ0) is 22.0. The number of anilines is 1. The summed E-state index contributed by atoms with van der Waals surface area (Å²) in [4.78, 5) is 12.3. The first-order chi connectivity index (χ1) is 14.3. The van der Waals surface area contributed by atoms with E-state index in [1.165, 1.54) is 25.5 Å². The van der Waals surface area contributed by atoms with Crippen molar-refractivity contribution in [2.45, 2.75) is 6.92 Å². The Balaban J connectivity index is 2.03. The second-order valence-corrected chi connectivity index (χ2v) is 6.05. The quantitative estimate of drug-likeness (QED) is 0.365. The van der Waals surface area contributed by atoms with E-state index in [-0.39, 0.29) is 23.1 Å². The Labute approximate surface area is 168 Å². The van der Waals surface area contributed by atoms with Gasteiger partial charge in [-0.1, -0.05) is 0 Å². The average molecular weight is 422 g/mol. The molecule has 0 fully saturated rings. The van der Waals surface area contributed by atoms with E-state index in [1.54, 1.807) is 14.0 Å². The molecule has 0 saturated heterocycles. The van der Waals surface area contributed by atoms with E-state index in [0.717, 1.165) is 6.07 Å². The zero-order valence-corrected chi connectivity index (χ0v) is 16.0. The lowest BCUT2D eigenvalue weighted by atomic mass is 10.0. The van der Waals surface area contributed by atoms with Crippen LogP contribution in [0.5, 0.6) is 11.5 Å². The summed E-state index contributed by atoms with van der Waals surface area (Å²) in [6.45, 7) is 1.70. The minimum Gasteiger partial charge on any atom is -0.451 e. The topological polar surface area (TPSA) is 59.4 Å². The highest BCUT2D eigenvalue weighted by Crippen LogP contribution is 2.32. The molecule has 0 bridgehead atoms. The Kier molecular flexibility index (Phi) is 5.95. The van der Waals surface area contributed by atoms with Crippen LogP contribution >= 0.6 is 0 Å². The van der Waals surface area contributed by atoms with Crippen molar-refractivity contribution in [1.82, 2.24) is 9.97 Å². The Morgan fingerprint density at radius 2 is 1.63 bits per heavy atom. The van der Waals surface area contributed by atoms with Crippen LogP contribution in [0.25, 0.3) is 0 Å². The van der Waals surface area contributed by atoms with Crippen LogP contribution < -0.4 is 10.1 Å². The number of benzene rings is 2. The van der Waals surface area contributed by atoms with E-state index in [9.17, 15) is 22.0 Å². The van der Waals surface area contributed by atoms with Crippen LogP contribution in [-0.2, 0) is 0 Å². The molecule has 0 spiro atoms. The predicted octanol–water partition coefficient (Wildman–Crippen LogP) is 4.78. The van der Waals surface area contributed by atoms with Crippen LogP contribution in [0.4, 0.5) is 27.8 Å². The summed E-state index contributed by atoms with van der Waals surface area (Å²) in [5.41, 5.74) is 1.25. The molecule has 0 aliphatic carbocycles. The number of hydrogen-bond acceptors (Lipinski definition) is 5. The standard InChI is InChI=1S/C20H15F5N4O/c1-9-15(20(27-3)29-8-28-9)18(26-2)11-5-4-10(6-12(11)21)30-19-16(24)13(22)7-14(23)17(19)25/h4-8H,1-3H3,(H,27,28,29)/b26-18-. The van der Waals surface area contributed by atoms with Gasteiger partial charge in [0.25, 0.3) is 0 Å². The second kappa shape index (κ2) is 8.44. The van der Waals surface area contributed by atoms with E-state index in [2.05, 4.69) is 20.3 Å². The number of nitrogens with one attached hydrogen (secondary N) is 1. The zero-order valence-electron chi connectivity index (χ0n) is 16.0. The Bertz CT molecular complexity index is 1120. The molecule has 30 heavy (non-hydrogen) atoms. The van der Waals surface area contributed by atoms with Crippen LogP contribution in [-0.4, -0.2) is 29.8 Å². The number of rotatable bonds is 5. The fourth-order valence-electron chi connectivity index (χ4n) is 2.82. The molecule has 0 unspecified atom stereocenters. The number of aliphatic imine (C=N–C) groups is 1. The number of halogens is 5. The smallest absolute Gasteiger partial charge is 0.204 e. The number of ether oxygens (including phenoxy) is 1. The number of hydrogen-bond donors (Lipinski definition) is 1. The molecule has 1 heterocycles. The van der Waals surface area contributed by atoms with Gasteiger partial charge in [0.05, 0.1) is 17.0 Å². The van der Waals surface area contributed by atoms with Gasteiger partial charge < -0.3 is 10.1 Å². The molecule has 0 aliphatic heterocycles. The summed E-state index contributed by atoms with van der Waals surface area (Å²) < 4.78 is 74.0. The van der Waals surface area contributed by atoms with E-state index in [1.807, 2.05) is 0 Å². The third-order valence-electron chi connectivity index (χ3n) is 4.22. The van der Waals surface area contributed by atoms with Crippen LogP contribution in [0.3, 0.4) is 0 Å². The van der Waals surface area contributed by atoms with Gasteiger partial charge in [-0.05, 0) is 19.1 Å². The fourth-order valence-corrected chi connectivity index (χ4v) is 2.82. The van der Waals surface area contributed by atoms with Crippen LogP contribution in [0.15, 0.2) is 35.6 Å². The van der Waals surface area contributed by atoms with Crippen molar-refractivity contribution < 1.29 is 26.7 Å². The van der Waals surface area contributed by atoms with E-state index in [4.69, 9.17) is 4.74 Å². The molecule has 1 aromatic heterocycles. The third kappa shape index (κ3) is 3.80. The monoisotopic (exact) mass is 422 g/mol. The highest BCUT2D eigenvalue weighted by Gasteiger charge is 2.23. The van der Waals surface area contributed by atoms with Gasteiger partial charge in [-0.25, -0.2) is 23.1 Å². The Hall–Kier alpha value is -3.56. The molecule has 1 N–H and O–H groups in total. The van der Waals surface area contributed by atoms with E-state index >= 15 is 0 Å². The molecule has 2 aromatic carbocycles. The van der Waals surface area contributed by atoms with Crippen LogP contribution in [0.2, 0.25) is 0 Å². The summed E-state index contributed by atoms with van der Waals surface area (Å²) in [6, 6.07) is 3.31. The summed E-state index contributed by atoms with van der Waals surface area (Å²) in [7, 11) is 3.08. The summed E-state index contributed by atoms with van der Waals surface area (Å²) in [5, 5.41) is 2.87. The molecule has 156 valence electrons. The van der Waals surface area contributed by atoms with Crippen molar-refractivity contribution in [2.75, 3.05) is 19.4 Å². The maximum absolute atomic E-state index is 14.8. The van der Waals surface area contributed by atoms with Gasteiger partial charge in [0, 0.05) is 31.8 Å². The minimum atomic E-state index is -1.73. The maximum Gasteiger partial charge on any atom is 0.204 e. The molecule has 0 atom stereocenters. The van der Waals surface area contributed by atoms with Gasteiger partial charge in [-0.3, -0.25) is 4.99 Å². The molecule has 0 radical (unpaired) electrons. The number of aromatic nitrogens is 2. The maximum atomic E-state index is 14.8.